The predicted molar refractivity (Wildman–Crippen MR) is 92.1 cm³/mol. The highest BCUT2D eigenvalue weighted by atomic mass is 16.5. The number of likely N-dealkylation sites (N-methyl/N-ethyl adjacent to an activating group) is 1. The van der Waals surface area contributed by atoms with Gasteiger partial charge in [-0.15, -0.1) is 0 Å². The first-order valence-corrected chi connectivity index (χ1v) is 9.12. The maximum absolute atomic E-state index is 12.8. The van der Waals surface area contributed by atoms with Crippen LogP contribution in [0.5, 0.6) is 0 Å². The Labute approximate surface area is 146 Å². The molecule has 0 spiro atoms. The summed E-state index contributed by atoms with van der Waals surface area (Å²) in [5.41, 5.74) is 1.63. The van der Waals surface area contributed by atoms with Crippen LogP contribution in [0.4, 0.5) is 0 Å². The van der Waals surface area contributed by atoms with Crippen molar-refractivity contribution in [3.8, 4) is 11.4 Å². The van der Waals surface area contributed by atoms with Crippen LogP contribution in [0.25, 0.3) is 11.4 Å². The molecule has 3 aliphatic rings. The minimum Gasteiger partial charge on any atom is -0.339 e. The number of hydrogen-bond donors (Lipinski definition) is 0. The highest BCUT2D eigenvalue weighted by molar-refractivity contribution is 5.94. The van der Waals surface area contributed by atoms with Gasteiger partial charge in [-0.1, -0.05) is 17.3 Å². The Hall–Kier alpha value is -2.21. The first kappa shape index (κ1) is 15.1. The van der Waals surface area contributed by atoms with E-state index >= 15 is 0 Å². The number of amides is 1. The molecule has 6 nitrogen and oxygen atoms in total. The van der Waals surface area contributed by atoms with Gasteiger partial charge in [0.2, 0.25) is 11.7 Å². The molecule has 2 aliphatic heterocycles. The van der Waals surface area contributed by atoms with Crippen molar-refractivity contribution >= 4 is 5.91 Å². The molecule has 130 valence electrons. The third-order valence-electron chi connectivity index (χ3n) is 5.87. The Morgan fingerprint density at radius 2 is 1.96 bits per heavy atom. The number of likely N-dealkylation sites (tertiary alicyclic amines) is 2. The standard InChI is InChI=1S/C19H22N4O2/c1-22-9-8-15-10-23(11-16(15)22)19(24)14-6-2-12(3-7-14)17-20-18(25-21-17)13-4-5-13/h2-3,6-7,13,15-16H,4-5,8-11H2,1H3/t15-,16+/m0/s1. The molecule has 3 fully saturated rings. The van der Waals surface area contributed by atoms with Crippen LogP contribution in [0.2, 0.25) is 0 Å². The summed E-state index contributed by atoms with van der Waals surface area (Å²) >= 11 is 0. The van der Waals surface area contributed by atoms with Gasteiger partial charge in [0.05, 0.1) is 0 Å². The Balaban J connectivity index is 1.30. The third-order valence-corrected chi connectivity index (χ3v) is 5.87. The highest BCUT2D eigenvalue weighted by Crippen LogP contribution is 2.39. The second-order valence-corrected chi connectivity index (χ2v) is 7.61. The molecule has 1 amide bonds. The number of aromatic nitrogens is 2. The van der Waals surface area contributed by atoms with Crippen LogP contribution in [-0.2, 0) is 0 Å². The molecule has 6 heteroatoms. The van der Waals surface area contributed by atoms with Gasteiger partial charge < -0.3 is 14.3 Å². The number of benzene rings is 1. The van der Waals surface area contributed by atoms with Gasteiger partial charge >= 0.3 is 0 Å². The molecule has 0 radical (unpaired) electrons. The lowest BCUT2D eigenvalue weighted by molar-refractivity contribution is 0.0774. The van der Waals surface area contributed by atoms with Crippen LogP contribution in [0, 0.1) is 5.92 Å². The lowest BCUT2D eigenvalue weighted by Gasteiger charge is -2.20. The van der Waals surface area contributed by atoms with Crippen molar-refractivity contribution in [2.24, 2.45) is 5.92 Å². The Bertz CT molecular complexity index is 796. The molecule has 0 unspecified atom stereocenters. The van der Waals surface area contributed by atoms with Crippen molar-refractivity contribution in [2.45, 2.75) is 31.2 Å². The van der Waals surface area contributed by atoms with Crippen molar-refractivity contribution in [2.75, 3.05) is 26.7 Å². The van der Waals surface area contributed by atoms with Crippen LogP contribution in [0.1, 0.15) is 41.4 Å². The highest BCUT2D eigenvalue weighted by Gasteiger charge is 2.41. The maximum Gasteiger partial charge on any atom is 0.253 e. The van der Waals surface area contributed by atoms with E-state index in [1.165, 1.54) is 6.42 Å². The maximum atomic E-state index is 12.8. The van der Waals surface area contributed by atoms with E-state index < -0.39 is 0 Å². The zero-order valence-electron chi connectivity index (χ0n) is 14.4. The van der Waals surface area contributed by atoms with E-state index in [1.54, 1.807) is 0 Å². The van der Waals surface area contributed by atoms with Crippen LogP contribution in [-0.4, -0.2) is 58.6 Å². The first-order valence-electron chi connectivity index (χ1n) is 9.12. The second kappa shape index (κ2) is 5.66. The smallest absolute Gasteiger partial charge is 0.253 e. The molecule has 2 aromatic rings. The molecule has 5 rings (SSSR count). The largest absolute Gasteiger partial charge is 0.339 e. The summed E-state index contributed by atoms with van der Waals surface area (Å²) < 4.78 is 5.31. The van der Waals surface area contributed by atoms with Gasteiger partial charge in [0, 0.05) is 36.2 Å². The summed E-state index contributed by atoms with van der Waals surface area (Å²) in [5, 5.41) is 4.06. The zero-order valence-corrected chi connectivity index (χ0v) is 14.4. The second-order valence-electron chi connectivity index (χ2n) is 7.61. The van der Waals surface area contributed by atoms with Crippen molar-refractivity contribution in [3.05, 3.63) is 35.7 Å². The molecule has 2 atom stereocenters. The monoisotopic (exact) mass is 338 g/mol. The average Bonchev–Trinajstić information content (AvgIpc) is 3.07. The third kappa shape index (κ3) is 2.65. The topological polar surface area (TPSA) is 62.5 Å². The summed E-state index contributed by atoms with van der Waals surface area (Å²) in [6.07, 6.45) is 3.48. The van der Waals surface area contributed by atoms with Gasteiger partial charge in [-0.2, -0.15) is 4.98 Å². The van der Waals surface area contributed by atoms with Crippen molar-refractivity contribution in [1.29, 1.82) is 0 Å². The molecule has 25 heavy (non-hydrogen) atoms. The lowest BCUT2D eigenvalue weighted by atomic mass is 10.1. The number of carbonyl (C=O) groups excluding carboxylic acids is 1. The van der Waals surface area contributed by atoms with E-state index in [2.05, 4.69) is 22.1 Å². The van der Waals surface area contributed by atoms with E-state index in [0.29, 0.717) is 23.7 Å². The minimum absolute atomic E-state index is 0.126. The molecule has 0 N–H and O–H groups in total. The number of nitrogens with zero attached hydrogens (tertiary/aromatic N) is 4. The molecular weight excluding hydrogens is 316 g/mol. The fourth-order valence-corrected chi connectivity index (χ4v) is 4.13. The summed E-state index contributed by atoms with van der Waals surface area (Å²) in [5.74, 6) is 2.56. The van der Waals surface area contributed by atoms with Gasteiger partial charge in [-0.25, -0.2) is 0 Å². The van der Waals surface area contributed by atoms with Crippen LogP contribution in [0.15, 0.2) is 28.8 Å². The number of rotatable bonds is 3. The molecule has 3 heterocycles. The molecule has 1 aromatic carbocycles. The van der Waals surface area contributed by atoms with E-state index in [0.717, 1.165) is 49.5 Å². The predicted octanol–water partition coefficient (Wildman–Crippen LogP) is 2.39. The lowest BCUT2D eigenvalue weighted by Crippen LogP contribution is -2.35. The first-order chi connectivity index (χ1) is 12.2. The number of hydrogen-bond acceptors (Lipinski definition) is 5. The molecular formula is C19H22N4O2. The van der Waals surface area contributed by atoms with Crippen LogP contribution in [0.3, 0.4) is 0 Å². The summed E-state index contributed by atoms with van der Waals surface area (Å²) in [4.78, 5) is 21.6. The summed E-state index contributed by atoms with van der Waals surface area (Å²) in [6.45, 7) is 2.88. The van der Waals surface area contributed by atoms with Crippen LogP contribution < -0.4 is 0 Å². The van der Waals surface area contributed by atoms with E-state index in [9.17, 15) is 4.79 Å². The summed E-state index contributed by atoms with van der Waals surface area (Å²) in [7, 11) is 2.16. The molecule has 1 aromatic heterocycles. The van der Waals surface area contributed by atoms with Gasteiger partial charge in [0.15, 0.2) is 0 Å². The molecule has 0 bridgehead atoms. The molecule has 1 aliphatic carbocycles. The van der Waals surface area contributed by atoms with Crippen molar-refractivity contribution in [3.63, 3.8) is 0 Å². The Morgan fingerprint density at radius 1 is 1.16 bits per heavy atom. The Kier molecular flexibility index (Phi) is 3.41. The van der Waals surface area contributed by atoms with Crippen LogP contribution >= 0.6 is 0 Å². The van der Waals surface area contributed by atoms with E-state index in [-0.39, 0.29) is 5.91 Å². The molecule has 2 saturated heterocycles. The summed E-state index contributed by atoms with van der Waals surface area (Å²) in [6, 6.07) is 8.12. The van der Waals surface area contributed by atoms with Crippen molar-refractivity contribution in [1.82, 2.24) is 19.9 Å². The van der Waals surface area contributed by atoms with Gasteiger partial charge in [-0.05, 0) is 50.9 Å². The molecule has 1 saturated carbocycles. The zero-order chi connectivity index (χ0) is 17.0. The fraction of sp³-hybridized carbons (Fsp3) is 0.526. The minimum atomic E-state index is 0.126. The quantitative estimate of drug-likeness (QED) is 0.860. The van der Waals surface area contributed by atoms with Crippen molar-refractivity contribution < 1.29 is 9.32 Å². The number of fused-ring (bicyclic) bond motifs is 1. The van der Waals surface area contributed by atoms with Gasteiger partial charge in [-0.3, -0.25) is 4.79 Å². The Morgan fingerprint density at radius 3 is 2.68 bits per heavy atom. The van der Waals surface area contributed by atoms with Gasteiger partial charge in [0.25, 0.3) is 5.91 Å². The van der Waals surface area contributed by atoms with E-state index in [4.69, 9.17) is 4.52 Å². The van der Waals surface area contributed by atoms with E-state index in [1.807, 2.05) is 29.2 Å². The SMILES string of the molecule is CN1CC[C@H]2CN(C(=O)c3ccc(-c4noc(C5CC5)n4)cc3)C[C@H]21. The average molecular weight is 338 g/mol. The van der Waals surface area contributed by atoms with Gasteiger partial charge in [0.1, 0.15) is 0 Å². The fourth-order valence-electron chi connectivity index (χ4n) is 4.13. The normalized spacial score (nSPS) is 26.2. The number of carbonyl (C=O) groups is 1.